The van der Waals surface area contributed by atoms with Gasteiger partial charge < -0.3 is 0 Å². The summed E-state index contributed by atoms with van der Waals surface area (Å²) in [6, 6.07) is 3.82. The number of hydrogen-bond donors (Lipinski definition) is 0. The molecule has 1 rings (SSSR count). The number of ketones is 1. The van der Waals surface area contributed by atoms with E-state index in [4.69, 9.17) is 0 Å². The molecule has 0 fully saturated rings. The van der Waals surface area contributed by atoms with E-state index in [0.29, 0.717) is 6.54 Å². The smallest absolute Gasteiger partial charge is 0.186 e. The average molecular weight is 225 g/mol. The van der Waals surface area contributed by atoms with Gasteiger partial charge in [0.25, 0.3) is 0 Å². The lowest BCUT2D eigenvalue weighted by Crippen LogP contribution is -2.26. The van der Waals surface area contributed by atoms with Crippen molar-refractivity contribution in [2.45, 2.75) is 26.2 Å². The summed E-state index contributed by atoms with van der Waals surface area (Å²) in [7, 11) is 2.02. The number of likely N-dealkylation sites (N-methyl/N-ethyl adjacent to an activating group) is 1. The molecule has 1 heterocycles. The highest BCUT2D eigenvalue weighted by Gasteiger charge is 2.09. The van der Waals surface area contributed by atoms with Gasteiger partial charge in [-0.3, -0.25) is 9.69 Å². The minimum Gasteiger partial charge on any atom is -0.299 e. The number of nitrogens with zero attached hydrogens (tertiary/aromatic N) is 1. The van der Waals surface area contributed by atoms with E-state index in [2.05, 4.69) is 11.8 Å². The summed E-state index contributed by atoms with van der Waals surface area (Å²) in [5, 5.41) is 1.95. The Morgan fingerprint density at radius 1 is 1.47 bits per heavy atom. The molecule has 0 aromatic carbocycles. The van der Waals surface area contributed by atoms with Gasteiger partial charge in [-0.2, -0.15) is 0 Å². The fourth-order valence-corrected chi connectivity index (χ4v) is 2.13. The zero-order valence-corrected chi connectivity index (χ0v) is 10.3. The van der Waals surface area contributed by atoms with E-state index in [1.807, 2.05) is 24.6 Å². The van der Waals surface area contributed by atoms with Crippen LogP contribution in [0.4, 0.5) is 0 Å². The van der Waals surface area contributed by atoms with Crippen LogP contribution < -0.4 is 0 Å². The number of Topliss-reactive ketones (excluding diaryl/α,β-unsaturated/α-hetero) is 1. The standard InChI is InChI=1S/C12H19NOS/c1-3-4-5-8-13(2)10-11(14)12-7-6-9-15-12/h6-7,9H,3-5,8,10H2,1-2H3. The highest BCUT2D eigenvalue weighted by atomic mass is 32.1. The van der Waals surface area contributed by atoms with E-state index < -0.39 is 0 Å². The van der Waals surface area contributed by atoms with Gasteiger partial charge in [0.15, 0.2) is 5.78 Å². The molecule has 0 bridgehead atoms. The molecule has 0 saturated heterocycles. The predicted octanol–water partition coefficient (Wildman–Crippen LogP) is 3.05. The van der Waals surface area contributed by atoms with Gasteiger partial charge in [-0.05, 0) is 31.5 Å². The van der Waals surface area contributed by atoms with Crippen molar-refractivity contribution in [3.63, 3.8) is 0 Å². The van der Waals surface area contributed by atoms with Gasteiger partial charge in [0.05, 0.1) is 11.4 Å². The van der Waals surface area contributed by atoms with Gasteiger partial charge in [0, 0.05) is 0 Å². The predicted molar refractivity (Wildman–Crippen MR) is 65.7 cm³/mol. The Morgan fingerprint density at radius 3 is 2.87 bits per heavy atom. The van der Waals surface area contributed by atoms with E-state index in [1.165, 1.54) is 30.6 Å². The summed E-state index contributed by atoms with van der Waals surface area (Å²) >= 11 is 1.53. The first kappa shape index (κ1) is 12.4. The molecule has 0 N–H and O–H groups in total. The summed E-state index contributed by atoms with van der Waals surface area (Å²) in [6.07, 6.45) is 3.66. The first-order valence-electron chi connectivity index (χ1n) is 5.49. The van der Waals surface area contributed by atoms with Crippen molar-refractivity contribution in [2.75, 3.05) is 20.1 Å². The molecule has 3 heteroatoms. The second-order valence-electron chi connectivity index (χ2n) is 3.85. The molecule has 0 atom stereocenters. The van der Waals surface area contributed by atoms with Crippen LogP contribution in [-0.4, -0.2) is 30.8 Å². The SMILES string of the molecule is CCCCCN(C)CC(=O)c1cccs1. The maximum Gasteiger partial charge on any atom is 0.186 e. The first-order chi connectivity index (χ1) is 7.24. The zero-order valence-electron chi connectivity index (χ0n) is 9.53. The third kappa shape index (κ3) is 4.58. The molecule has 0 unspecified atom stereocenters. The van der Waals surface area contributed by atoms with Crippen LogP contribution in [-0.2, 0) is 0 Å². The normalized spacial score (nSPS) is 10.9. The van der Waals surface area contributed by atoms with Crippen LogP contribution in [0.1, 0.15) is 35.9 Å². The minimum atomic E-state index is 0.240. The third-order valence-electron chi connectivity index (χ3n) is 2.35. The minimum absolute atomic E-state index is 0.240. The molecule has 0 radical (unpaired) electrons. The third-order valence-corrected chi connectivity index (χ3v) is 3.26. The van der Waals surface area contributed by atoms with Crippen molar-refractivity contribution in [3.8, 4) is 0 Å². The van der Waals surface area contributed by atoms with Crippen molar-refractivity contribution in [1.82, 2.24) is 4.90 Å². The van der Waals surface area contributed by atoms with Crippen molar-refractivity contribution in [1.29, 1.82) is 0 Å². The fraction of sp³-hybridized carbons (Fsp3) is 0.583. The van der Waals surface area contributed by atoms with E-state index in [-0.39, 0.29) is 5.78 Å². The van der Waals surface area contributed by atoms with Crippen molar-refractivity contribution in [3.05, 3.63) is 22.4 Å². The molecule has 1 aromatic heterocycles. The quantitative estimate of drug-likeness (QED) is 0.525. The van der Waals surface area contributed by atoms with E-state index in [1.54, 1.807) is 0 Å². The van der Waals surface area contributed by atoms with Crippen LogP contribution in [0, 0.1) is 0 Å². The van der Waals surface area contributed by atoms with Gasteiger partial charge in [0.1, 0.15) is 0 Å². The number of thiophene rings is 1. The van der Waals surface area contributed by atoms with Crippen molar-refractivity contribution < 1.29 is 4.79 Å². The molecular formula is C12H19NOS. The van der Waals surface area contributed by atoms with Crippen LogP contribution in [0.3, 0.4) is 0 Å². The van der Waals surface area contributed by atoms with E-state index in [0.717, 1.165) is 11.4 Å². The topological polar surface area (TPSA) is 20.3 Å². The monoisotopic (exact) mass is 225 g/mol. The van der Waals surface area contributed by atoms with E-state index >= 15 is 0 Å². The van der Waals surface area contributed by atoms with Crippen LogP contribution in [0.25, 0.3) is 0 Å². The van der Waals surface area contributed by atoms with Gasteiger partial charge in [-0.25, -0.2) is 0 Å². The number of carbonyl (C=O) groups is 1. The van der Waals surface area contributed by atoms with Crippen LogP contribution in [0.15, 0.2) is 17.5 Å². The zero-order chi connectivity index (χ0) is 11.1. The Hall–Kier alpha value is -0.670. The summed E-state index contributed by atoms with van der Waals surface area (Å²) in [6.45, 7) is 3.76. The molecule has 0 aliphatic rings. The number of rotatable bonds is 7. The Balaban J connectivity index is 2.26. The highest BCUT2D eigenvalue weighted by Crippen LogP contribution is 2.09. The summed E-state index contributed by atoms with van der Waals surface area (Å²) in [5.41, 5.74) is 0. The molecule has 0 aliphatic carbocycles. The van der Waals surface area contributed by atoms with Gasteiger partial charge >= 0.3 is 0 Å². The Bertz CT molecular complexity index is 282. The fourth-order valence-electron chi connectivity index (χ4n) is 1.47. The van der Waals surface area contributed by atoms with Gasteiger partial charge in [-0.1, -0.05) is 25.8 Å². The maximum absolute atomic E-state index is 11.7. The van der Waals surface area contributed by atoms with Crippen molar-refractivity contribution in [2.24, 2.45) is 0 Å². The van der Waals surface area contributed by atoms with Crippen LogP contribution in [0.5, 0.6) is 0 Å². The summed E-state index contributed by atoms with van der Waals surface area (Å²) < 4.78 is 0. The molecular weight excluding hydrogens is 206 g/mol. The van der Waals surface area contributed by atoms with E-state index in [9.17, 15) is 4.79 Å². The summed E-state index contributed by atoms with van der Waals surface area (Å²) in [5.74, 6) is 0.240. The van der Waals surface area contributed by atoms with Crippen LogP contribution in [0.2, 0.25) is 0 Å². The van der Waals surface area contributed by atoms with Crippen LogP contribution >= 0.6 is 11.3 Å². The summed E-state index contributed by atoms with van der Waals surface area (Å²) in [4.78, 5) is 14.7. The lowest BCUT2D eigenvalue weighted by atomic mass is 10.2. The average Bonchev–Trinajstić information content (AvgIpc) is 2.70. The maximum atomic E-state index is 11.7. The lowest BCUT2D eigenvalue weighted by Gasteiger charge is -2.14. The second kappa shape index (κ2) is 6.75. The largest absolute Gasteiger partial charge is 0.299 e. The van der Waals surface area contributed by atoms with Crippen molar-refractivity contribution >= 4 is 17.1 Å². The van der Waals surface area contributed by atoms with Gasteiger partial charge in [0.2, 0.25) is 0 Å². The molecule has 0 aliphatic heterocycles. The van der Waals surface area contributed by atoms with Gasteiger partial charge in [-0.15, -0.1) is 11.3 Å². The molecule has 84 valence electrons. The second-order valence-corrected chi connectivity index (χ2v) is 4.79. The number of carbonyl (C=O) groups excluding carboxylic acids is 1. The number of hydrogen-bond acceptors (Lipinski definition) is 3. The Kier molecular flexibility index (Phi) is 5.58. The first-order valence-corrected chi connectivity index (χ1v) is 6.37. The molecule has 2 nitrogen and oxygen atoms in total. The lowest BCUT2D eigenvalue weighted by molar-refractivity contribution is 0.0949. The molecule has 1 aromatic rings. The Labute approximate surface area is 95.9 Å². The number of unbranched alkanes of at least 4 members (excludes halogenated alkanes) is 2. The Morgan fingerprint density at radius 2 is 2.27 bits per heavy atom. The molecule has 0 spiro atoms. The highest BCUT2D eigenvalue weighted by molar-refractivity contribution is 7.12. The molecule has 0 amide bonds. The molecule has 0 saturated carbocycles. The molecule has 15 heavy (non-hydrogen) atoms.